The van der Waals surface area contributed by atoms with Crippen LogP contribution in [0.25, 0.3) is 0 Å². The van der Waals surface area contributed by atoms with Crippen molar-refractivity contribution < 1.29 is 41.4 Å². The van der Waals surface area contributed by atoms with Gasteiger partial charge in [-0.3, -0.25) is 4.79 Å². The molecule has 0 unspecified atom stereocenters. The Kier molecular flexibility index (Phi) is 6.35. The smallest absolute Gasteiger partial charge is 0.447 e. The summed E-state index contributed by atoms with van der Waals surface area (Å²) in [6.07, 6.45) is -4.80. The zero-order chi connectivity index (χ0) is 24.6. The lowest BCUT2D eigenvalue weighted by Crippen LogP contribution is -2.84. The third-order valence-corrected chi connectivity index (χ3v) is 5.51. The zero-order valence-electron chi connectivity index (χ0n) is 17.9. The van der Waals surface area contributed by atoms with E-state index in [-0.39, 0.29) is 18.2 Å². The molecular weight excluding hydrogens is 452 g/mol. The van der Waals surface area contributed by atoms with E-state index in [0.29, 0.717) is 25.3 Å². The van der Waals surface area contributed by atoms with E-state index in [2.05, 4.69) is 15.4 Å². The third-order valence-electron chi connectivity index (χ3n) is 5.51. The standard InChI is InChI=1S/C20H24F4N4O5/c1-11(2)32-17(31)27-18-8-19(9-18,10-18)28(15(29)6-26-16(25)30)7-12-3-13(21)5-14(4-12)33-20(22,23)24/h3-5,11H,6-10H2,1-2H3,(H,27,31)(H3,25,26,30). The Morgan fingerprint density at radius 3 is 2.36 bits per heavy atom. The molecule has 0 atom stereocenters. The van der Waals surface area contributed by atoms with Crippen LogP contribution in [0.5, 0.6) is 5.75 Å². The van der Waals surface area contributed by atoms with Crippen molar-refractivity contribution in [1.82, 2.24) is 15.5 Å². The van der Waals surface area contributed by atoms with Crippen LogP contribution >= 0.6 is 0 Å². The number of hydrogen-bond acceptors (Lipinski definition) is 5. The second-order valence-corrected chi connectivity index (χ2v) is 8.65. The van der Waals surface area contributed by atoms with Crippen LogP contribution in [0.1, 0.15) is 38.7 Å². The van der Waals surface area contributed by atoms with Crippen molar-refractivity contribution in [2.75, 3.05) is 6.54 Å². The summed E-state index contributed by atoms with van der Waals surface area (Å²) in [5.74, 6) is -2.29. The number of hydrogen-bond donors (Lipinski definition) is 3. The Balaban J connectivity index is 1.76. The maximum atomic E-state index is 13.9. The number of nitrogens with one attached hydrogen (secondary N) is 2. The lowest BCUT2D eigenvalue weighted by molar-refractivity contribution is -0.274. The highest BCUT2D eigenvalue weighted by molar-refractivity contribution is 5.84. The first-order chi connectivity index (χ1) is 15.2. The fourth-order valence-corrected chi connectivity index (χ4v) is 4.48. The molecule has 2 bridgehead atoms. The normalized spacial score (nSPS) is 23.1. The number of nitrogens with two attached hydrogens (primary N) is 1. The van der Waals surface area contributed by atoms with Gasteiger partial charge in [-0.2, -0.15) is 0 Å². The minimum Gasteiger partial charge on any atom is -0.447 e. The van der Waals surface area contributed by atoms with Gasteiger partial charge in [-0.15, -0.1) is 13.2 Å². The molecule has 4 N–H and O–H groups in total. The summed E-state index contributed by atoms with van der Waals surface area (Å²) in [5, 5.41) is 4.95. The number of halogens is 4. The molecule has 13 heteroatoms. The first kappa shape index (κ1) is 24.4. The predicted molar refractivity (Wildman–Crippen MR) is 105 cm³/mol. The maximum absolute atomic E-state index is 13.9. The van der Waals surface area contributed by atoms with Crippen LogP contribution in [0.2, 0.25) is 0 Å². The number of primary amides is 1. The number of carbonyl (C=O) groups is 3. The number of benzene rings is 1. The van der Waals surface area contributed by atoms with Gasteiger partial charge < -0.3 is 30.7 Å². The van der Waals surface area contributed by atoms with Gasteiger partial charge in [-0.25, -0.2) is 14.0 Å². The number of urea groups is 1. The topological polar surface area (TPSA) is 123 Å². The van der Waals surface area contributed by atoms with E-state index in [1.165, 1.54) is 4.90 Å². The van der Waals surface area contributed by atoms with Gasteiger partial charge in [-0.1, -0.05) is 0 Å². The molecule has 0 radical (unpaired) electrons. The summed E-state index contributed by atoms with van der Waals surface area (Å²) in [7, 11) is 0. The van der Waals surface area contributed by atoms with Gasteiger partial charge in [0.1, 0.15) is 11.6 Å². The fraction of sp³-hybridized carbons (Fsp3) is 0.550. The minimum absolute atomic E-state index is 0.0626. The van der Waals surface area contributed by atoms with Crippen LogP contribution in [0.15, 0.2) is 18.2 Å². The van der Waals surface area contributed by atoms with Crippen molar-refractivity contribution in [3.63, 3.8) is 0 Å². The third kappa shape index (κ3) is 5.76. The molecule has 1 aromatic carbocycles. The number of amides is 4. The SMILES string of the molecule is CC(C)OC(=O)NC12CC(N(Cc3cc(F)cc(OC(F)(F)F)c3)C(=O)CNC(N)=O)(C1)C2. The highest BCUT2D eigenvalue weighted by atomic mass is 19.4. The summed E-state index contributed by atoms with van der Waals surface area (Å²) in [4.78, 5) is 37.1. The van der Waals surface area contributed by atoms with E-state index < -0.39 is 53.6 Å². The van der Waals surface area contributed by atoms with E-state index in [4.69, 9.17) is 10.5 Å². The fourth-order valence-electron chi connectivity index (χ4n) is 4.48. The maximum Gasteiger partial charge on any atom is 0.573 e. The first-order valence-corrected chi connectivity index (χ1v) is 10.1. The van der Waals surface area contributed by atoms with Crippen molar-refractivity contribution >= 4 is 18.0 Å². The summed E-state index contributed by atoms with van der Waals surface area (Å²) >= 11 is 0. The van der Waals surface area contributed by atoms with Gasteiger partial charge in [0.15, 0.2) is 0 Å². The Morgan fingerprint density at radius 2 is 1.82 bits per heavy atom. The number of carbonyl (C=O) groups excluding carboxylic acids is 3. The second kappa shape index (κ2) is 8.60. The summed E-state index contributed by atoms with van der Waals surface area (Å²) < 4.78 is 60.5. The molecule has 33 heavy (non-hydrogen) atoms. The highest BCUT2D eigenvalue weighted by Gasteiger charge is 2.72. The van der Waals surface area contributed by atoms with Gasteiger partial charge in [0.05, 0.1) is 23.7 Å². The number of ether oxygens (including phenoxy) is 2. The molecule has 0 spiro atoms. The molecule has 4 rings (SSSR count). The zero-order valence-corrected chi connectivity index (χ0v) is 17.9. The lowest BCUT2D eigenvalue weighted by atomic mass is 9.43. The van der Waals surface area contributed by atoms with Gasteiger partial charge in [0.2, 0.25) is 5.91 Å². The molecule has 182 valence electrons. The molecule has 3 aliphatic carbocycles. The van der Waals surface area contributed by atoms with Crippen LogP contribution in [0, 0.1) is 5.82 Å². The minimum atomic E-state index is -5.01. The molecule has 3 aliphatic rings. The monoisotopic (exact) mass is 476 g/mol. The second-order valence-electron chi connectivity index (χ2n) is 8.65. The van der Waals surface area contributed by atoms with Crippen molar-refractivity contribution in [3.05, 3.63) is 29.6 Å². The van der Waals surface area contributed by atoms with Gasteiger partial charge in [0.25, 0.3) is 0 Å². The molecule has 0 saturated heterocycles. The Morgan fingerprint density at radius 1 is 1.18 bits per heavy atom. The van der Waals surface area contributed by atoms with Crippen LogP contribution in [0.4, 0.5) is 27.2 Å². The molecule has 4 amide bonds. The molecular formula is C20H24F4N4O5. The molecule has 9 nitrogen and oxygen atoms in total. The van der Waals surface area contributed by atoms with Crippen LogP contribution in [0.3, 0.4) is 0 Å². The summed E-state index contributed by atoms with van der Waals surface area (Å²) in [6.45, 7) is 2.71. The average molecular weight is 476 g/mol. The predicted octanol–water partition coefficient (Wildman–Crippen LogP) is 2.53. The van der Waals surface area contributed by atoms with Gasteiger partial charge in [0, 0.05) is 12.6 Å². The van der Waals surface area contributed by atoms with E-state index in [1.54, 1.807) is 13.8 Å². The van der Waals surface area contributed by atoms with E-state index >= 15 is 0 Å². The first-order valence-electron chi connectivity index (χ1n) is 10.1. The Labute approximate surface area is 186 Å². The van der Waals surface area contributed by atoms with Crippen LogP contribution in [-0.4, -0.2) is 53.0 Å². The molecule has 0 aromatic heterocycles. The van der Waals surface area contributed by atoms with Crippen molar-refractivity contribution in [3.8, 4) is 5.75 Å². The van der Waals surface area contributed by atoms with Crippen molar-refractivity contribution in [2.45, 2.75) is 63.2 Å². The summed E-state index contributed by atoms with van der Waals surface area (Å²) in [5.41, 5.74) is 3.81. The quantitative estimate of drug-likeness (QED) is 0.498. The molecule has 1 aromatic rings. The number of alkyl carbamates (subject to hydrolysis) is 1. The van der Waals surface area contributed by atoms with Crippen LogP contribution in [-0.2, 0) is 16.1 Å². The van der Waals surface area contributed by atoms with Crippen molar-refractivity contribution in [1.29, 1.82) is 0 Å². The molecule has 3 fully saturated rings. The van der Waals surface area contributed by atoms with E-state index in [9.17, 15) is 31.9 Å². The van der Waals surface area contributed by atoms with E-state index in [1.807, 2.05) is 0 Å². The number of rotatable bonds is 8. The number of nitrogens with zero attached hydrogens (tertiary/aromatic N) is 1. The Hall–Kier alpha value is -3.25. The molecule has 0 aliphatic heterocycles. The van der Waals surface area contributed by atoms with Crippen LogP contribution < -0.4 is 21.1 Å². The van der Waals surface area contributed by atoms with Crippen molar-refractivity contribution in [2.24, 2.45) is 5.73 Å². The van der Waals surface area contributed by atoms with Gasteiger partial charge >= 0.3 is 18.5 Å². The highest BCUT2D eigenvalue weighted by Crippen LogP contribution is 2.64. The largest absolute Gasteiger partial charge is 0.573 e. The summed E-state index contributed by atoms with van der Waals surface area (Å²) in [6, 6.07) is 1.63. The average Bonchev–Trinajstić information content (AvgIpc) is 2.57. The number of alkyl halides is 3. The lowest BCUT2D eigenvalue weighted by Gasteiger charge is -2.73. The Bertz CT molecular complexity index is 933. The molecule has 0 heterocycles. The molecule has 3 saturated carbocycles. The van der Waals surface area contributed by atoms with E-state index in [0.717, 1.165) is 12.1 Å². The van der Waals surface area contributed by atoms with Gasteiger partial charge in [-0.05, 0) is 50.8 Å².